The molecular formula is C21H23N7O6S3. The second-order valence-electron chi connectivity index (χ2n) is 8.51. The lowest BCUT2D eigenvalue weighted by atomic mass is 9.92. The van der Waals surface area contributed by atoms with Crippen molar-refractivity contribution < 1.29 is 29.1 Å². The molecular weight excluding hydrogens is 542 g/mol. The van der Waals surface area contributed by atoms with Crippen LogP contribution in [0.3, 0.4) is 0 Å². The predicted octanol–water partition coefficient (Wildman–Crippen LogP) is 1.36. The first-order valence-corrected chi connectivity index (χ1v) is 14.1. The Bertz CT molecular complexity index is 1280. The fourth-order valence-corrected chi connectivity index (χ4v) is 6.58. The molecule has 13 nitrogen and oxygen atoms in total. The van der Waals surface area contributed by atoms with Crippen molar-refractivity contribution in [3.05, 3.63) is 27.5 Å². The molecule has 0 bridgehead atoms. The van der Waals surface area contributed by atoms with Crippen LogP contribution in [0.1, 0.15) is 36.4 Å². The molecule has 2 aromatic heterocycles. The summed E-state index contributed by atoms with van der Waals surface area (Å²) in [5.74, 6) is -2.19. The zero-order valence-electron chi connectivity index (χ0n) is 19.6. The summed E-state index contributed by atoms with van der Waals surface area (Å²) in [5, 5.41) is 27.1. The largest absolute Gasteiger partial charge is 0.492 e. The van der Waals surface area contributed by atoms with Gasteiger partial charge in [0.25, 0.3) is 11.8 Å². The predicted molar refractivity (Wildman–Crippen MR) is 135 cm³/mol. The number of nitrogens with zero attached hydrogens (tertiary/aromatic N) is 5. The van der Waals surface area contributed by atoms with Crippen LogP contribution < -0.4 is 11.1 Å². The maximum Gasteiger partial charge on any atom is 0.356 e. The Labute approximate surface area is 223 Å². The molecule has 2 aromatic rings. The summed E-state index contributed by atoms with van der Waals surface area (Å²) < 4.78 is 6.41. The molecule has 196 valence electrons. The number of ether oxygens (including phenoxy) is 1. The highest BCUT2D eigenvalue weighted by Gasteiger charge is 2.55. The molecule has 0 radical (unpaired) electrons. The molecule has 4 heterocycles. The minimum atomic E-state index is -1.29. The van der Waals surface area contributed by atoms with Crippen molar-refractivity contribution in [1.82, 2.24) is 25.4 Å². The minimum Gasteiger partial charge on any atom is -0.492 e. The number of hydrogen-bond acceptors (Lipinski definition) is 13. The number of thiazole rings is 1. The van der Waals surface area contributed by atoms with Crippen LogP contribution in [0, 0.1) is 6.92 Å². The number of rotatable bonds is 9. The van der Waals surface area contributed by atoms with Gasteiger partial charge in [0.15, 0.2) is 20.9 Å². The van der Waals surface area contributed by atoms with Crippen molar-refractivity contribution >= 4 is 63.1 Å². The maximum atomic E-state index is 13.2. The molecule has 2 fully saturated rings. The van der Waals surface area contributed by atoms with Gasteiger partial charge in [-0.05, 0) is 32.6 Å². The zero-order chi connectivity index (χ0) is 26.1. The highest BCUT2D eigenvalue weighted by molar-refractivity contribution is 8.01. The van der Waals surface area contributed by atoms with E-state index in [0.29, 0.717) is 4.34 Å². The Kier molecular flexibility index (Phi) is 7.30. The molecule has 0 spiro atoms. The van der Waals surface area contributed by atoms with Gasteiger partial charge in [0.05, 0.1) is 5.75 Å². The van der Waals surface area contributed by atoms with Crippen LogP contribution in [0.15, 0.2) is 26.3 Å². The Hall–Kier alpha value is -3.24. The van der Waals surface area contributed by atoms with Crippen LogP contribution in [0.25, 0.3) is 0 Å². The molecule has 2 atom stereocenters. The average molecular weight is 566 g/mol. The fraction of sp³-hybridized carbons (Fsp3) is 0.476. The summed E-state index contributed by atoms with van der Waals surface area (Å²) in [6.07, 6.45) is 3.65. The van der Waals surface area contributed by atoms with Gasteiger partial charge in [0, 0.05) is 5.38 Å². The summed E-state index contributed by atoms with van der Waals surface area (Å²) in [6.45, 7) is 1.84. The number of nitrogens with one attached hydrogen (secondary N) is 1. The Balaban J connectivity index is 1.30. The van der Waals surface area contributed by atoms with Gasteiger partial charge in [0.2, 0.25) is 0 Å². The molecule has 4 N–H and O–H groups in total. The summed E-state index contributed by atoms with van der Waals surface area (Å²) in [4.78, 5) is 49.1. The van der Waals surface area contributed by atoms with E-state index >= 15 is 0 Å². The number of amides is 2. The van der Waals surface area contributed by atoms with Gasteiger partial charge < -0.3 is 25.7 Å². The van der Waals surface area contributed by atoms with Crippen LogP contribution >= 0.6 is 34.4 Å². The Morgan fingerprint density at radius 3 is 2.81 bits per heavy atom. The smallest absolute Gasteiger partial charge is 0.356 e. The van der Waals surface area contributed by atoms with Crippen molar-refractivity contribution in [2.75, 3.05) is 18.1 Å². The van der Waals surface area contributed by atoms with E-state index in [2.05, 4.69) is 25.7 Å². The number of carboxylic acid groups (broad SMARTS) is 1. The molecule has 1 aliphatic carbocycles. The van der Waals surface area contributed by atoms with Crippen LogP contribution in [-0.4, -0.2) is 79.2 Å². The lowest BCUT2D eigenvalue weighted by Crippen LogP contribution is -2.73. The topological polar surface area (TPSA) is 182 Å². The molecule has 16 heteroatoms. The number of fused-ring (bicyclic) bond motifs is 1. The van der Waals surface area contributed by atoms with Gasteiger partial charge in [0.1, 0.15) is 41.3 Å². The summed E-state index contributed by atoms with van der Waals surface area (Å²) >= 11 is 3.80. The standard InChI is InChI=1S/C21H23N7O6S3/c1-9-25-26-21(37-9)36-8-13-16(19(31)32)28-12(6-33-13)15(18(28)30)24-17(29)14(11-7-35-20(22)23-11)27-34-10-4-2-3-5-10/h7,10,12,15H,2-6,8H2,1H3,(H2,22,23)(H,24,29)(H,31,32)/b27-14-. The minimum absolute atomic E-state index is 0.0210. The number of oxime groups is 1. The van der Waals surface area contributed by atoms with E-state index < -0.39 is 29.9 Å². The fourth-order valence-electron chi connectivity index (χ4n) is 4.27. The summed E-state index contributed by atoms with van der Waals surface area (Å²) in [7, 11) is 0. The number of nitrogen functional groups attached to an aromatic ring is 1. The quantitative estimate of drug-likeness (QED) is 0.173. The average Bonchev–Trinajstić information content (AvgIpc) is 3.64. The third-order valence-corrected chi connectivity index (χ3v) is 8.70. The number of aromatic nitrogens is 3. The Morgan fingerprint density at radius 2 is 2.16 bits per heavy atom. The number of hydrogen-bond donors (Lipinski definition) is 3. The number of anilines is 1. The van der Waals surface area contributed by atoms with Gasteiger partial charge in [-0.3, -0.25) is 14.5 Å². The van der Waals surface area contributed by atoms with E-state index in [1.54, 1.807) is 5.38 Å². The number of nitrogens with two attached hydrogens (primary N) is 1. The Morgan fingerprint density at radius 1 is 1.38 bits per heavy atom. The van der Waals surface area contributed by atoms with E-state index in [4.69, 9.17) is 15.3 Å². The number of carboxylic acids is 1. The molecule has 0 aromatic carbocycles. The third-order valence-electron chi connectivity index (χ3n) is 6.05. The number of thioether (sulfide) groups is 1. The second-order valence-corrected chi connectivity index (χ2v) is 11.8. The number of carbonyl (C=O) groups excluding carboxylic acids is 2. The molecule has 3 aliphatic rings. The summed E-state index contributed by atoms with van der Waals surface area (Å²) in [6, 6.07) is -1.67. The summed E-state index contributed by atoms with van der Waals surface area (Å²) in [5.41, 5.74) is 5.63. The molecule has 2 unspecified atom stereocenters. The van der Waals surface area contributed by atoms with Crippen LogP contribution in [0.2, 0.25) is 0 Å². The van der Waals surface area contributed by atoms with Gasteiger partial charge >= 0.3 is 5.97 Å². The number of carbonyl (C=O) groups is 3. The van der Waals surface area contributed by atoms with Gasteiger partial charge in [-0.25, -0.2) is 9.78 Å². The van der Waals surface area contributed by atoms with E-state index in [1.807, 2.05) is 6.92 Å². The van der Waals surface area contributed by atoms with Crippen molar-refractivity contribution in [3.8, 4) is 0 Å². The molecule has 2 amide bonds. The first kappa shape index (κ1) is 25.4. The van der Waals surface area contributed by atoms with E-state index in [9.17, 15) is 19.5 Å². The SMILES string of the molecule is Cc1nnc(SCC2=C(C(=O)O)N3C(=O)C(NC(=O)/C(=N\OC4CCCC4)c4csc(N)n4)C3CO2)s1. The molecule has 1 saturated heterocycles. The number of aliphatic carboxylic acids is 1. The van der Waals surface area contributed by atoms with Crippen molar-refractivity contribution in [1.29, 1.82) is 0 Å². The van der Waals surface area contributed by atoms with Crippen molar-refractivity contribution in [2.45, 2.75) is 55.1 Å². The second kappa shape index (κ2) is 10.6. The molecule has 5 rings (SSSR count). The molecule has 37 heavy (non-hydrogen) atoms. The van der Waals surface area contributed by atoms with Crippen LogP contribution in [-0.2, 0) is 24.0 Å². The number of aryl methyl sites for hydroxylation is 1. The zero-order valence-corrected chi connectivity index (χ0v) is 22.0. The van der Waals surface area contributed by atoms with Gasteiger partial charge in [-0.2, -0.15) is 0 Å². The van der Waals surface area contributed by atoms with Crippen molar-refractivity contribution in [3.63, 3.8) is 0 Å². The van der Waals surface area contributed by atoms with Crippen LogP contribution in [0.5, 0.6) is 0 Å². The maximum absolute atomic E-state index is 13.2. The highest BCUT2D eigenvalue weighted by atomic mass is 32.2. The van der Waals surface area contributed by atoms with Gasteiger partial charge in [-0.15, -0.1) is 21.5 Å². The van der Waals surface area contributed by atoms with E-state index in [-0.39, 0.29) is 46.5 Å². The third kappa shape index (κ3) is 5.26. The van der Waals surface area contributed by atoms with E-state index in [0.717, 1.165) is 46.9 Å². The highest BCUT2D eigenvalue weighted by Crippen LogP contribution is 2.35. The lowest BCUT2D eigenvalue weighted by Gasteiger charge is -2.49. The molecule has 1 saturated carbocycles. The molecule has 2 aliphatic heterocycles. The van der Waals surface area contributed by atoms with E-state index in [1.165, 1.54) is 23.1 Å². The number of β-lactam (4-membered cyclic amide) rings is 1. The normalized spacial score (nSPS) is 21.9. The monoisotopic (exact) mass is 565 g/mol. The first-order valence-electron chi connectivity index (χ1n) is 11.4. The van der Waals surface area contributed by atoms with Crippen LogP contribution in [0.4, 0.5) is 5.13 Å². The first-order chi connectivity index (χ1) is 17.8. The van der Waals surface area contributed by atoms with Gasteiger partial charge in [-0.1, -0.05) is 28.3 Å². The van der Waals surface area contributed by atoms with Crippen molar-refractivity contribution in [2.24, 2.45) is 5.16 Å². The lowest BCUT2D eigenvalue weighted by molar-refractivity contribution is -0.160.